The van der Waals surface area contributed by atoms with Crippen LogP contribution in [0, 0.1) is 12.8 Å². The summed E-state index contributed by atoms with van der Waals surface area (Å²) in [5.74, 6) is -0.355. The van der Waals surface area contributed by atoms with E-state index in [2.05, 4.69) is 12.2 Å². The molecule has 1 saturated carbocycles. The molecule has 1 aromatic rings. The summed E-state index contributed by atoms with van der Waals surface area (Å²) in [6.45, 7) is 4.12. The minimum Gasteiger partial charge on any atom is -0.478 e. The molecule has 4 heteroatoms. The van der Waals surface area contributed by atoms with E-state index in [0.717, 1.165) is 17.7 Å². The van der Waals surface area contributed by atoms with E-state index >= 15 is 0 Å². The Labute approximate surface area is 120 Å². The molecule has 0 aliphatic heterocycles. The summed E-state index contributed by atoms with van der Waals surface area (Å²) in [7, 11) is 0. The molecule has 4 N–H and O–H groups in total. The smallest absolute Gasteiger partial charge is 0.337 e. The number of hydrogen-bond donors (Lipinski definition) is 3. The first kappa shape index (κ1) is 14.7. The summed E-state index contributed by atoms with van der Waals surface area (Å²) in [6, 6.07) is 4.02. The quantitative estimate of drug-likeness (QED) is 0.582. The van der Waals surface area contributed by atoms with Gasteiger partial charge in [0.25, 0.3) is 0 Å². The second-order valence-corrected chi connectivity index (χ2v) is 5.93. The van der Waals surface area contributed by atoms with Crippen molar-refractivity contribution in [1.82, 2.24) is 0 Å². The van der Waals surface area contributed by atoms with Crippen LogP contribution in [0.25, 0.3) is 0 Å². The van der Waals surface area contributed by atoms with Gasteiger partial charge in [-0.2, -0.15) is 0 Å². The van der Waals surface area contributed by atoms with Crippen LogP contribution in [0.5, 0.6) is 0 Å². The number of carbonyl (C=O) groups is 1. The largest absolute Gasteiger partial charge is 0.478 e. The van der Waals surface area contributed by atoms with Crippen LogP contribution < -0.4 is 11.1 Å². The number of benzene rings is 1. The van der Waals surface area contributed by atoms with Gasteiger partial charge < -0.3 is 16.2 Å². The van der Waals surface area contributed by atoms with Gasteiger partial charge >= 0.3 is 5.97 Å². The second-order valence-electron chi connectivity index (χ2n) is 5.93. The Balaban J connectivity index is 2.22. The molecule has 0 spiro atoms. The predicted octanol–water partition coefficient (Wildman–Crippen LogP) is 3.66. The molecule has 0 radical (unpaired) electrons. The van der Waals surface area contributed by atoms with Crippen molar-refractivity contribution in [2.24, 2.45) is 5.92 Å². The summed E-state index contributed by atoms with van der Waals surface area (Å²) in [6.07, 6.45) is 6.20. The lowest BCUT2D eigenvalue weighted by atomic mass is 9.96. The number of carboxylic acid groups (broad SMARTS) is 1. The van der Waals surface area contributed by atoms with Crippen molar-refractivity contribution in [1.29, 1.82) is 0 Å². The summed E-state index contributed by atoms with van der Waals surface area (Å²) >= 11 is 0. The SMILES string of the molecule is Cc1cc(NC2CCCCCC2C)cc(C(=O)O)c1N. The number of carboxylic acids is 1. The molecule has 2 unspecified atom stereocenters. The minimum absolute atomic E-state index is 0.189. The fourth-order valence-electron chi connectivity index (χ4n) is 2.98. The normalized spacial score (nSPS) is 23.1. The summed E-state index contributed by atoms with van der Waals surface area (Å²) in [5.41, 5.74) is 8.06. The molecule has 1 aliphatic rings. The first-order valence-corrected chi connectivity index (χ1v) is 7.39. The van der Waals surface area contributed by atoms with Crippen molar-refractivity contribution in [2.45, 2.75) is 52.0 Å². The maximum atomic E-state index is 11.2. The van der Waals surface area contributed by atoms with Crippen LogP contribution in [0.2, 0.25) is 0 Å². The Bertz CT molecular complexity index is 499. The molecular weight excluding hydrogens is 252 g/mol. The van der Waals surface area contributed by atoms with Crippen LogP contribution in [-0.2, 0) is 0 Å². The topological polar surface area (TPSA) is 75.3 Å². The van der Waals surface area contributed by atoms with E-state index < -0.39 is 5.97 Å². The van der Waals surface area contributed by atoms with Crippen molar-refractivity contribution in [3.8, 4) is 0 Å². The first-order chi connectivity index (χ1) is 9.49. The average Bonchev–Trinajstić information content (AvgIpc) is 2.59. The first-order valence-electron chi connectivity index (χ1n) is 7.39. The van der Waals surface area contributed by atoms with Gasteiger partial charge in [-0.3, -0.25) is 0 Å². The maximum absolute atomic E-state index is 11.2. The highest BCUT2D eigenvalue weighted by atomic mass is 16.4. The number of aromatic carboxylic acids is 1. The lowest BCUT2D eigenvalue weighted by Crippen LogP contribution is -2.26. The Morgan fingerprint density at radius 3 is 2.70 bits per heavy atom. The molecule has 0 bridgehead atoms. The number of nitrogens with two attached hydrogens (primary N) is 1. The summed E-state index contributed by atoms with van der Waals surface area (Å²) in [5, 5.41) is 12.7. The summed E-state index contributed by atoms with van der Waals surface area (Å²) in [4.78, 5) is 11.2. The van der Waals surface area contributed by atoms with E-state index in [1.165, 1.54) is 25.7 Å². The van der Waals surface area contributed by atoms with Crippen molar-refractivity contribution in [3.63, 3.8) is 0 Å². The molecule has 0 heterocycles. The van der Waals surface area contributed by atoms with E-state index in [-0.39, 0.29) is 5.56 Å². The highest BCUT2D eigenvalue weighted by Gasteiger charge is 2.20. The molecule has 2 rings (SSSR count). The van der Waals surface area contributed by atoms with E-state index in [0.29, 0.717) is 17.6 Å². The predicted molar refractivity (Wildman–Crippen MR) is 82.2 cm³/mol. The van der Waals surface area contributed by atoms with Crippen LogP contribution in [0.15, 0.2) is 12.1 Å². The highest BCUT2D eigenvalue weighted by Crippen LogP contribution is 2.28. The van der Waals surface area contributed by atoms with Gasteiger partial charge in [0, 0.05) is 17.4 Å². The van der Waals surface area contributed by atoms with Crippen LogP contribution in [0.1, 0.15) is 54.9 Å². The summed E-state index contributed by atoms with van der Waals surface area (Å²) < 4.78 is 0. The fourth-order valence-corrected chi connectivity index (χ4v) is 2.98. The number of anilines is 2. The standard InChI is InChI=1S/C16H24N2O2/c1-10-6-4-3-5-7-14(10)18-12-8-11(2)15(17)13(9-12)16(19)20/h8-10,14,18H,3-7,17H2,1-2H3,(H,19,20). The molecule has 110 valence electrons. The fraction of sp³-hybridized carbons (Fsp3) is 0.562. The molecule has 0 aromatic heterocycles. The number of aryl methyl sites for hydroxylation is 1. The molecule has 1 fully saturated rings. The van der Waals surface area contributed by atoms with Crippen molar-refractivity contribution < 1.29 is 9.90 Å². The Kier molecular flexibility index (Phi) is 4.53. The average molecular weight is 276 g/mol. The van der Waals surface area contributed by atoms with Crippen LogP contribution in [-0.4, -0.2) is 17.1 Å². The van der Waals surface area contributed by atoms with Gasteiger partial charge in [-0.25, -0.2) is 4.79 Å². The van der Waals surface area contributed by atoms with E-state index in [1.807, 2.05) is 13.0 Å². The number of nitrogen functional groups attached to an aromatic ring is 1. The Morgan fingerprint density at radius 1 is 1.30 bits per heavy atom. The van der Waals surface area contributed by atoms with Crippen molar-refractivity contribution in [2.75, 3.05) is 11.1 Å². The van der Waals surface area contributed by atoms with Crippen LogP contribution >= 0.6 is 0 Å². The molecule has 0 saturated heterocycles. The monoisotopic (exact) mass is 276 g/mol. The van der Waals surface area contributed by atoms with Gasteiger partial charge in [0.15, 0.2) is 0 Å². The Hall–Kier alpha value is -1.71. The molecule has 2 atom stereocenters. The second kappa shape index (κ2) is 6.16. The van der Waals surface area contributed by atoms with Gasteiger partial charge in [-0.1, -0.05) is 26.2 Å². The molecule has 4 nitrogen and oxygen atoms in total. The van der Waals surface area contributed by atoms with Gasteiger partial charge in [-0.05, 0) is 43.4 Å². The third-order valence-corrected chi connectivity index (χ3v) is 4.33. The lowest BCUT2D eigenvalue weighted by Gasteiger charge is -2.24. The Morgan fingerprint density at radius 2 is 2.00 bits per heavy atom. The molecule has 1 aromatic carbocycles. The molecule has 1 aliphatic carbocycles. The third-order valence-electron chi connectivity index (χ3n) is 4.33. The van der Waals surface area contributed by atoms with Crippen molar-refractivity contribution >= 4 is 17.3 Å². The zero-order valence-corrected chi connectivity index (χ0v) is 12.3. The van der Waals surface area contributed by atoms with Gasteiger partial charge in [-0.15, -0.1) is 0 Å². The number of hydrogen-bond acceptors (Lipinski definition) is 3. The zero-order chi connectivity index (χ0) is 14.7. The molecule has 20 heavy (non-hydrogen) atoms. The molecule has 0 amide bonds. The molecular formula is C16H24N2O2. The van der Waals surface area contributed by atoms with Crippen LogP contribution in [0.3, 0.4) is 0 Å². The van der Waals surface area contributed by atoms with Crippen LogP contribution in [0.4, 0.5) is 11.4 Å². The van der Waals surface area contributed by atoms with Gasteiger partial charge in [0.2, 0.25) is 0 Å². The zero-order valence-electron chi connectivity index (χ0n) is 12.3. The highest BCUT2D eigenvalue weighted by molar-refractivity contribution is 5.95. The van der Waals surface area contributed by atoms with E-state index in [9.17, 15) is 9.90 Å². The minimum atomic E-state index is -0.969. The van der Waals surface area contributed by atoms with Crippen molar-refractivity contribution in [3.05, 3.63) is 23.3 Å². The number of rotatable bonds is 3. The maximum Gasteiger partial charge on any atom is 0.337 e. The lowest BCUT2D eigenvalue weighted by molar-refractivity contribution is 0.0698. The van der Waals surface area contributed by atoms with Gasteiger partial charge in [0.05, 0.1) is 5.56 Å². The van der Waals surface area contributed by atoms with E-state index in [1.54, 1.807) is 6.07 Å². The number of nitrogens with one attached hydrogen (secondary N) is 1. The van der Waals surface area contributed by atoms with Gasteiger partial charge in [0.1, 0.15) is 0 Å². The third kappa shape index (κ3) is 3.24. The van der Waals surface area contributed by atoms with E-state index in [4.69, 9.17) is 5.73 Å².